The Morgan fingerprint density at radius 2 is 1.82 bits per heavy atom. The molecule has 0 spiro atoms. The lowest BCUT2D eigenvalue weighted by atomic mass is 9.84. The van der Waals surface area contributed by atoms with E-state index in [2.05, 4.69) is 37.5 Å². The smallest absolute Gasteiger partial charge is 0.335 e. The van der Waals surface area contributed by atoms with Crippen molar-refractivity contribution in [2.75, 3.05) is 0 Å². The maximum Gasteiger partial charge on any atom is 0.335 e. The summed E-state index contributed by atoms with van der Waals surface area (Å²) in [6.45, 7) is 4.29. The van der Waals surface area contributed by atoms with Gasteiger partial charge in [0, 0.05) is 33.9 Å². The standard InChI is InChI=1S/C29H28NO2P/c1-18-17-33-19(2)27(18)25-15-24-13-21(12-20-6-4-3-5-7-20)14-26(28(24)30-16-25)22-8-10-23(11-9-22)29(31)32/h8-11,13-16,20H,3-7,12H2,1-2H3,(H,31,32). The molecular weight excluding hydrogens is 425 g/mol. The van der Waals surface area contributed by atoms with E-state index in [1.54, 1.807) is 12.1 Å². The van der Waals surface area contributed by atoms with Gasteiger partial charge in [0.2, 0.25) is 0 Å². The fourth-order valence-electron chi connectivity index (χ4n) is 5.28. The van der Waals surface area contributed by atoms with Gasteiger partial charge in [-0.2, -0.15) is 0 Å². The van der Waals surface area contributed by atoms with Crippen molar-refractivity contribution in [3.8, 4) is 11.1 Å². The predicted octanol–water partition coefficient (Wildman–Crippen LogP) is 7.76. The molecule has 1 fully saturated rings. The Kier molecular flexibility index (Phi) is 6.02. The number of fused-ring (bicyclic) bond motifs is 1. The van der Waals surface area contributed by atoms with Crippen LogP contribution in [0, 0.1) is 5.92 Å². The second kappa shape index (κ2) is 9.10. The second-order valence-corrected chi connectivity index (χ2v) is 10.5. The van der Waals surface area contributed by atoms with Crippen LogP contribution in [0.4, 0.5) is 0 Å². The highest BCUT2D eigenvalue weighted by molar-refractivity contribution is 7.43. The molecule has 0 saturated heterocycles. The summed E-state index contributed by atoms with van der Waals surface area (Å²) in [7, 11) is 1.15. The normalized spacial score (nSPS) is 17.0. The average Bonchev–Trinajstić information content (AvgIpc) is 3.16. The second-order valence-electron chi connectivity index (χ2n) is 9.34. The summed E-state index contributed by atoms with van der Waals surface area (Å²) < 4.78 is 0. The van der Waals surface area contributed by atoms with Crippen LogP contribution in [0.25, 0.3) is 27.6 Å². The third-order valence-corrected chi connectivity index (χ3v) is 7.96. The summed E-state index contributed by atoms with van der Waals surface area (Å²) in [5, 5.41) is 11.8. The van der Waals surface area contributed by atoms with E-state index in [1.165, 1.54) is 54.1 Å². The molecule has 1 aromatic heterocycles. The number of pyridine rings is 1. The lowest BCUT2D eigenvalue weighted by Gasteiger charge is -2.22. The summed E-state index contributed by atoms with van der Waals surface area (Å²) in [4.78, 5) is 16.3. The van der Waals surface area contributed by atoms with Crippen LogP contribution in [0.1, 0.15) is 67.4 Å². The van der Waals surface area contributed by atoms with Crippen LogP contribution in [-0.2, 0) is 6.42 Å². The van der Waals surface area contributed by atoms with Crippen molar-refractivity contribution in [2.45, 2.75) is 52.4 Å². The molecule has 2 heterocycles. The van der Waals surface area contributed by atoms with Gasteiger partial charge < -0.3 is 5.11 Å². The van der Waals surface area contributed by atoms with E-state index in [4.69, 9.17) is 4.98 Å². The third-order valence-electron chi connectivity index (χ3n) is 6.95. The summed E-state index contributed by atoms with van der Waals surface area (Å²) in [6, 6.07) is 14.0. The minimum absolute atomic E-state index is 0.304. The van der Waals surface area contributed by atoms with Crippen molar-refractivity contribution in [2.24, 2.45) is 5.92 Å². The van der Waals surface area contributed by atoms with Crippen molar-refractivity contribution < 1.29 is 9.90 Å². The van der Waals surface area contributed by atoms with Gasteiger partial charge in [0.15, 0.2) is 0 Å². The van der Waals surface area contributed by atoms with Gasteiger partial charge in [-0.05, 0) is 81.2 Å². The van der Waals surface area contributed by atoms with Gasteiger partial charge in [-0.3, -0.25) is 4.98 Å². The van der Waals surface area contributed by atoms with Crippen molar-refractivity contribution in [3.05, 3.63) is 76.2 Å². The highest BCUT2D eigenvalue weighted by atomic mass is 31.1. The zero-order valence-electron chi connectivity index (χ0n) is 19.2. The summed E-state index contributed by atoms with van der Waals surface area (Å²) in [6.07, 6.45) is 9.72. The largest absolute Gasteiger partial charge is 0.478 e. The monoisotopic (exact) mass is 453 g/mol. The molecule has 3 nitrogen and oxygen atoms in total. The van der Waals surface area contributed by atoms with Crippen molar-refractivity contribution in [1.82, 2.24) is 4.98 Å². The number of carboxylic acids is 1. The number of rotatable bonds is 5. The number of hydrogen-bond acceptors (Lipinski definition) is 2. The molecule has 5 rings (SSSR count). The first kappa shape index (κ1) is 21.8. The number of benzene rings is 2. The maximum atomic E-state index is 11.3. The number of carboxylic acid groups (broad SMARTS) is 1. The van der Waals surface area contributed by atoms with Crippen LogP contribution >= 0.6 is 8.20 Å². The summed E-state index contributed by atoms with van der Waals surface area (Å²) in [5.74, 6) is -0.159. The molecular formula is C29H28NO2P. The van der Waals surface area contributed by atoms with E-state index in [0.29, 0.717) is 5.56 Å². The molecule has 0 radical (unpaired) electrons. The molecule has 2 aromatic carbocycles. The van der Waals surface area contributed by atoms with Crippen LogP contribution in [0.15, 0.2) is 59.5 Å². The molecule has 1 N–H and O–H groups in total. The van der Waals surface area contributed by atoms with E-state index in [-0.39, 0.29) is 0 Å². The van der Waals surface area contributed by atoms with Crippen molar-refractivity contribution >= 4 is 36.1 Å². The Morgan fingerprint density at radius 3 is 2.48 bits per heavy atom. The highest BCUT2D eigenvalue weighted by Crippen LogP contribution is 2.38. The maximum absolute atomic E-state index is 11.3. The fourth-order valence-corrected chi connectivity index (χ4v) is 6.14. The van der Waals surface area contributed by atoms with Gasteiger partial charge in [-0.1, -0.05) is 49.7 Å². The van der Waals surface area contributed by atoms with Crippen LogP contribution < -0.4 is 0 Å². The molecule has 2 aliphatic rings. The van der Waals surface area contributed by atoms with Crippen LogP contribution in [-0.4, -0.2) is 21.5 Å². The van der Waals surface area contributed by atoms with Gasteiger partial charge in [-0.25, -0.2) is 4.79 Å². The van der Waals surface area contributed by atoms with Gasteiger partial charge in [-0.15, -0.1) is 0 Å². The van der Waals surface area contributed by atoms with Crippen molar-refractivity contribution in [1.29, 1.82) is 0 Å². The van der Waals surface area contributed by atoms with Gasteiger partial charge in [0.05, 0.1) is 11.1 Å². The van der Waals surface area contributed by atoms with E-state index in [1.807, 2.05) is 18.3 Å². The Labute approximate surface area is 196 Å². The number of aromatic carboxylic acids is 1. The minimum atomic E-state index is -0.903. The Hall–Kier alpha value is -2.99. The molecule has 4 heteroatoms. The van der Waals surface area contributed by atoms with E-state index < -0.39 is 5.97 Å². The van der Waals surface area contributed by atoms with Crippen LogP contribution in [0.3, 0.4) is 0 Å². The third kappa shape index (κ3) is 4.44. The molecule has 3 aromatic rings. The quantitative estimate of drug-likeness (QED) is 0.402. The zero-order chi connectivity index (χ0) is 22.9. The lowest BCUT2D eigenvalue weighted by Crippen LogP contribution is -2.09. The molecule has 0 amide bonds. The molecule has 1 saturated carbocycles. The SMILES string of the molecule is CC1=C=PC(C)=C1c1cnc2c(-c3ccc(C(=O)O)cc3)cc(CC3CCCCC3)cc2c1. The molecule has 33 heavy (non-hydrogen) atoms. The molecule has 0 bridgehead atoms. The Bertz CT molecular complexity index is 1340. The van der Waals surface area contributed by atoms with Crippen molar-refractivity contribution in [3.63, 3.8) is 0 Å². The van der Waals surface area contributed by atoms with Crippen LogP contribution in [0.2, 0.25) is 0 Å². The Balaban J connectivity index is 1.62. The van der Waals surface area contributed by atoms with Crippen LogP contribution in [0.5, 0.6) is 0 Å². The predicted molar refractivity (Wildman–Crippen MR) is 138 cm³/mol. The van der Waals surface area contributed by atoms with E-state index >= 15 is 0 Å². The molecule has 166 valence electrons. The number of nitrogens with zero attached hydrogens (tertiary/aromatic N) is 1. The van der Waals surface area contributed by atoms with Gasteiger partial charge >= 0.3 is 5.97 Å². The van der Waals surface area contributed by atoms with E-state index in [0.717, 1.165) is 48.1 Å². The fraction of sp³-hybridized carbons (Fsp3) is 0.310. The first-order chi connectivity index (χ1) is 16.0. The van der Waals surface area contributed by atoms with E-state index in [9.17, 15) is 9.90 Å². The number of carbonyl (C=O) groups is 1. The highest BCUT2D eigenvalue weighted by Gasteiger charge is 2.18. The Morgan fingerprint density at radius 1 is 1.06 bits per heavy atom. The number of hydrogen-bond donors (Lipinski definition) is 1. The number of allylic oxidation sites excluding steroid dienone is 3. The topological polar surface area (TPSA) is 50.2 Å². The zero-order valence-corrected chi connectivity index (χ0v) is 20.1. The molecule has 1 aliphatic carbocycles. The first-order valence-electron chi connectivity index (χ1n) is 11.8. The minimum Gasteiger partial charge on any atom is -0.478 e. The average molecular weight is 454 g/mol. The molecule has 0 atom stereocenters. The number of aromatic nitrogens is 1. The lowest BCUT2D eigenvalue weighted by molar-refractivity contribution is 0.0697. The van der Waals surface area contributed by atoms with Gasteiger partial charge in [0.1, 0.15) is 0 Å². The van der Waals surface area contributed by atoms with Gasteiger partial charge in [0.25, 0.3) is 0 Å². The molecule has 0 unspecified atom stereocenters. The molecule has 1 aliphatic heterocycles. The summed E-state index contributed by atoms with van der Waals surface area (Å²) >= 11 is 0. The summed E-state index contributed by atoms with van der Waals surface area (Å²) in [5.41, 5.74) is 11.7. The first-order valence-corrected chi connectivity index (χ1v) is 12.7.